The molecule has 3 aromatic carbocycles. The largest absolute Gasteiger partial charge is 0.508 e. The number of thiazole rings is 1. The number of rotatable bonds is 5. The maximum absolute atomic E-state index is 9.72. The summed E-state index contributed by atoms with van der Waals surface area (Å²) in [5.74, 6) is 0.650. The maximum Gasteiger partial charge on any atom is 0.215 e. The van der Waals surface area contributed by atoms with Crippen LogP contribution in [0.3, 0.4) is 0 Å². The standard InChI is InChI=1S/C23H19N3O3S/c1-29-22-13-16(7-12-21(22)28)14-24-25-23-26(18-8-10-19(27)11-9-18)20(15-30-23)17-5-3-2-4-6-17/h2-15,27-28H,1H3/b24-14-,25-23-. The lowest BCUT2D eigenvalue weighted by Gasteiger charge is -2.09. The van der Waals surface area contributed by atoms with Gasteiger partial charge in [0.15, 0.2) is 11.5 Å². The van der Waals surface area contributed by atoms with Crippen molar-refractivity contribution >= 4 is 17.6 Å². The van der Waals surface area contributed by atoms with Crippen molar-refractivity contribution in [1.29, 1.82) is 0 Å². The molecule has 7 heteroatoms. The van der Waals surface area contributed by atoms with E-state index in [4.69, 9.17) is 4.74 Å². The summed E-state index contributed by atoms with van der Waals surface area (Å²) in [6, 6.07) is 21.9. The molecule has 0 fully saturated rings. The second-order valence-corrected chi connectivity index (χ2v) is 7.23. The fourth-order valence-electron chi connectivity index (χ4n) is 2.96. The topological polar surface area (TPSA) is 79.3 Å². The molecule has 6 nitrogen and oxygen atoms in total. The van der Waals surface area contributed by atoms with Crippen molar-refractivity contribution in [1.82, 2.24) is 4.57 Å². The van der Waals surface area contributed by atoms with Gasteiger partial charge in [-0.15, -0.1) is 16.4 Å². The molecule has 0 saturated heterocycles. The normalized spacial score (nSPS) is 11.8. The third-order valence-electron chi connectivity index (χ3n) is 4.44. The number of methoxy groups -OCH3 is 1. The van der Waals surface area contributed by atoms with Gasteiger partial charge in [0.1, 0.15) is 5.75 Å². The Labute approximate surface area is 177 Å². The summed E-state index contributed by atoms with van der Waals surface area (Å²) in [6.45, 7) is 0. The molecule has 0 spiro atoms. The van der Waals surface area contributed by atoms with E-state index < -0.39 is 0 Å². The molecule has 0 aliphatic rings. The van der Waals surface area contributed by atoms with E-state index in [2.05, 4.69) is 10.2 Å². The number of nitrogens with zero attached hydrogens (tertiary/aromatic N) is 3. The molecule has 4 aromatic rings. The molecule has 0 aliphatic heterocycles. The summed E-state index contributed by atoms with van der Waals surface area (Å²) in [6.07, 6.45) is 1.60. The third-order valence-corrected chi connectivity index (χ3v) is 5.26. The van der Waals surface area contributed by atoms with Crippen LogP contribution in [-0.4, -0.2) is 28.1 Å². The van der Waals surface area contributed by atoms with Gasteiger partial charge in [0.2, 0.25) is 4.80 Å². The van der Waals surface area contributed by atoms with Gasteiger partial charge in [-0.1, -0.05) is 30.3 Å². The molecule has 0 saturated carbocycles. The monoisotopic (exact) mass is 417 g/mol. The van der Waals surface area contributed by atoms with Crippen LogP contribution in [0, 0.1) is 0 Å². The molecule has 1 aromatic heterocycles. The zero-order chi connectivity index (χ0) is 20.9. The lowest BCUT2D eigenvalue weighted by atomic mass is 10.1. The maximum atomic E-state index is 9.72. The van der Waals surface area contributed by atoms with Crippen molar-refractivity contribution in [3.05, 3.63) is 88.5 Å². The highest BCUT2D eigenvalue weighted by Gasteiger charge is 2.10. The van der Waals surface area contributed by atoms with E-state index in [0.29, 0.717) is 10.6 Å². The summed E-state index contributed by atoms with van der Waals surface area (Å²) >= 11 is 1.47. The van der Waals surface area contributed by atoms with E-state index in [1.807, 2.05) is 52.4 Å². The first kappa shape index (κ1) is 19.5. The first-order valence-electron chi connectivity index (χ1n) is 9.15. The number of aromatic hydroxyl groups is 2. The van der Waals surface area contributed by atoms with E-state index in [9.17, 15) is 10.2 Å². The number of ether oxygens (including phenoxy) is 1. The van der Waals surface area contributed by atoms with Crippen molar-refractivity contribution in [3.63, 3.8) is 0 Å². The molecule has 0 aliphatic carbocycles. The van der Waals surface area contributed by atoms with Crippen LogP contribution in [0.25, 0.3) is 16.9 Å². The van der Waals surface area contributed by atoms with Crippen molar-refractivity contribution in [2.75, 3.05) is 7.11 Å². The Morgan fingerprint density at radius 1 is 0.967 bits per heavy atom. The van der Waals surface area contributed by atoms with E-state index in [1.54, 1.807) is 36.5 Å². The van der Waals surface area contributed by atoms with Crippen LogP contribution in [0.5, 0.6) is 17.2 Å². The number of hydrogen-bond donors (Lipinski definition) is 2. The lowest BCUT2D eigenvalue weighted by molar-refractivity contribution is 0.373. The smallest absolute Gasteiger partial charge is 0.215 e. The first-order valence-corrected chi connectivity index (χ1v) is 10.0. The minimum Gasteiger partial charge on any atom is -0.508 e. The average molecular weight is 417 g/mol. The van der Waals surface area contributed by atoms with Crippen LogP contribution in [0.15, 0.2) is 88.4 Å². The lowest BCUT2D eigenvalue weighted by Crippen LogP contribution is -2.13. The van der Waals surface area contributed by atoms with Gasteiger partial charge < -0.3 is 14.9 Å². The fraction of sp³-hybridized carbons (Fsp3) is 0.0435. The van der Waals surface area contributed by atoms with E-state index >= 15 is 0 Å². The van der Waals surface area contributed by atoms with Crippen LogP contribution < -0.4 is 9.54 Å². The quantitative estimate of drug-likeness (QED) is 0.369. The molecule has 1 heterocycles. The van der Waals surface area contributed by atoms with Crippen molar-refractivity contribution in [2.45, 2.75) is 0 Å². The zero-order valence-electron chi connectivity index (χ0n) is 16.1. The molecular weight excluding hydrogens is 398 g/mol. The summed E-state index contributed by atoms with van der Waals surface area (Å²) in [5, 5.41) is 30.0. The number of benzene rings is 3. The fourth-order valence-corrected chi connectivity index (χ4v) is 3.82. The summed E-state index contributed by atoms with van der Waals surface area (Å²) in [7, 11) is 1.50. The highest BCUT2D eigenvalue weighted by atomic mass is 32.1. The average Bonchev–Trinajstić information content (AvgIpc) is 3.20. The van der Waals surface area contributed by atoms with Crippen molar-refractivity contribution in [2.24, 2.45) is 10.2 Å². The Bertz CT molecular complexity index is 1240. The molecule has 4 rings (SSSR count). The van der Waals surface area contributed by atoms with Gasteiger partial charge in [0, 0.05) is 11.1 Å². The highest BCUT2D eigenvalue weighted by Crippen LogP contribution is 2.26. The zero-order valence-corrected chi connectivity index (χ0v) is 17.0. The van der Waals surface area contributed by atoms with Gasteiger partial charge in [-0.05, 0) is 53.6 Å². The van der Waals surface area contributed by atoms with Crippen molar-refractivity contribution in [3.8, 4) is 34.2 Å². The van der Waals surface area contributed by atoms with Gasteiger partial charge in [-0.25, -0.2) is 0 Å². The van der Waals surface area contributed by atoms with Gasteiger partial charge in [0.05, 0.1) is 19.0 Å². The molecular formula is C23H19N3O3S. The molecule has 2 N–H and O–H groups in total. The molecule has 0 amide bonds. The van der Waals surface area contributed by atoms with Crippen LogP contribution in [0.1, 0.15) is 5.56 Å². The number of aromatic nitrogens is 1. The minimum absolute atomic E-state index is 0.0718. The Morgan fingerprint density at radius 2 is 1.73 bits per heavy atom. The predicted molar refractivity (Wildman–Crippen MR) is 119 cm³/mol. The Hall–Kier alpha value is -3.84. The SMILES string of the molecule is COc1cc(/C=N\N=c2/scc(-c3ccccc3)n2-c2ccc(O)cc2)ccc1O. The summed E-state index contributed by atoms with van der Waals surface area (Å²) in [4.78, 5) is 0.682. The second kappa shape index (κ2) is 8.67. The first-order chi connectivity index (χ1) is 14.7. The second-order valence-electron chi connectivity index (χ2n) is 6.40. The predicted octanol–water partition coefficient (Wildman–Crippen LogP) is 4.56. The van der Waals surface area contributed by atoms with Gasteiger partial charge in [0.25, 0.3) is 0 Å². The number of phenols is 2. The Kier molecular flexibility index (Phi) is 5.63. The Balaban J connectivity index is 1.78. The van der Waals surface area contributed by atoms with Crippen LogP contribution in [0.2, 0.25) is 0 Å². The highest BCUT2D eigenvalue weighted by molar-refractivity contribution is 7.07. The molecule has 150 valence electrons. The van der Waals surface area contributed by atoms with Gasteiger partial charge in [-0.2, -0.15) is 5.10 Å². The molecule has 0 bridgehead atoms. The Morgan fingerprint density at radius 3 is 2.47 bits per heavy atom. The molecule has 0 radical (unpaired) electrons. The van der Waals surface area contributed by atoms with Gasteiger partial charge >= 0.3 is 0 Å². The van der Waals surface area contributed by atoms with Crippen LogP contribution in [-0.2, 0) is 0 Å². The number of phenolic OH excluding ortho intramolecular Hbond substituents is 2. The minimum atomic E-state index is 0.0718. The van der Waals surface area contributed by atoms with Gasteiger partial charge in [-0.3, -0.25) is 4.57 Å². The molecule has 0 atom stereocenters. The van der Waals surface area contributed by atoms with Crippen LogP contribution >= 0.6 is 11.3 Å². The van der Waals surface area contributed by atoms with E-state index in [-0.39, 0.29) is 11.5 Å². The van der Waals surface area contributed by atoms with E-state index in [0.717, 1.165) is 22.5 Å². The van der Waals surface area contributed by atoms with Crippen LogP contribution in [0.4, 0.5) is 0 Å². The molecule has 30 heavy (non-hydrogen) atoms. The number of hydrogen-bond acceptors (Lipinski definition) is 6. The summed E-state index contributed by atoms with van der Waals surface area (Å²) in [5.41, 5.74) is 3.65. The van der Waals surface area contributed by atoms with Crippen molar-refractivity contribution < 1.29 is 14.9 Å². The van der Waals surface area contributed by atoms with E-state index in [1.165, 1.54) is 18.4 Å². The molecule has 0 unspecified atom stereocenters. The summed E-state index contributed by atoms with van der Waals surface area (Å²) < 4.78 is 7.12. The third kappa shape index (κ3) is 4.11.